The van der Waals surface area contributed by atoms with E-state index < -0.39 is 5.97 Å². The fourth-order valence-electron chi connectivity index (χ4n) is 3.71. The van der Waals surface area contributed by atoms with Crippen molar-refractivity contribution in [3.63, 3.8) is 0 Å². The number of carbonyl (C=O) groups is 1. The van der Waals surface area contributed by atoms with Crippen LogP contribution in [0.25, 0.3) is 17.0 Å². The number of fused-ring (bicyclic) bond motifs is 2. The van der Waals surface area contributed by atoms with E-state index in [1.807, 2.05) is 6.07 Å². The molecule has 2 aromatic carbocycles. The molecule has 4 nitrogen and oxygen atoms in total. The number of aliphatic carboxylic acids is 1. The second-order valence-corrected chi connectivity index (χ2v) is 8.39. The van der Waals surface area contributed by atoms with Crippen LogP contribution < -0.4 is 9.47 Å². The fourth-order valence-corrected chi connectivity index (χ4v) is 4.77. The Hall–Kier alpha value is -3.05. The van der Waals surface area contributed by atoms with Crippen LogP contribution in [-0.2, 0) is 11.3 Å². The Morgan fingerprint density at radius 2 is 1.90 bits per heavy atom. The van der Waals surface area contributed by atoms with Crippen molar-refractivity contribution in [2.24, 2.45) is 0 Å². The lowest BCUT2D eigenvalue weighted by atomic mass is 10.1. The van der Waals surface area contributed by atoms with Crippen LogP contribution in [0.1, 0.15) is 24.8 Å². The van der Waals surface area contributed by atoms with Gasteiger partial charge < -0.3 is 10.0 Å². The number of aromatic nitrogens is 1. The lowest BCUT2D eigenvalue weighted by Crippen LogP contribution is -2.34. The molecule has 152 valence electrons. The molecule has 0 aliphatic carbocycles. The van der Waals surface area contributed by atoms with E-state index >= 15 is 0 Å². The van der Waals surface area contributed by atoms with Crippen molar-refractivity contribution >= 4 is 40.4 Å². The molecular weight excluding hydrogens is 392 g/mol. The quantitative estimate of drug-likeness (QED) is 0.408. The maximum atomic E-state index is 10.7. The molecule has 0 saturated carbocycles. The average molecular weight is 418 g/mol. The summed E-state index contributed by atoms with van der Waals surface area (Å²) in [6, 6.07) is 19.0. The van der Waals surface area contributed by atoms with Gasteiger partial charge in [-0.25, -0.2) is 0 Å². The third-order valence-electron chi connectivity index (χ3n) is 5.28. The van der Waals surface area contributed by atoms with Gasteiger partial charge in [0.1, 0.15) is 6.54 Å². The zero-order chi connectivity index (χ0) is 20.9. The molecule has 3 aromatic rings. The molecule has 0 bridgehead atoms. The number of anilines is 1. The molecule has 0 fully saturated rings. The topological polar surface area (TPSA) is 44.4 Å². The summed E-state index contributed by atoms with van der Waals surface area (Å²) in [5.74, 6) is -0.728. The van der Waals surface area contributed by atoms with E-state index in [1.54, 1.807) is 11.8 Å². The molecule has 0 atom stereocenters. The molecule has 0 amide bonds. The second kappa shape index (κ2) is 9.18. The molecule has 5 heteroatoms. The molecule has 0 saturated heterocycles. The minimum atomic E-state index is -0.728. The van der Waals surface area contributed by atoms with Crippen LogP contribution in [0.15, 0.2) is 82.9 Å². The highest BCUT2D eigenvalue weighted by molar-refractivity contribution is 8.03. The highest BCUT2D eigenvalue weighted by atomic mass is 32.2. The molecule has 4 rings (SSSR count). The van der Waals surface area contributed by atoms with Gasteiger partial charge in [-0.05, 0) is 36.3 Å². The van der Waals surface area contributed by atoms with E-state index in [0.29, 0.717) is 6.42 Å². The van der Waals surface area contributed by atoms with Crippen LogP contribution in [0.5, 0.6) is 0 Å². The first-order chi connectivity index (χ1) is 14.6. The van der Waals surface area contributed by atoms with Gasteiger partial charge in [0.05, 0.1) is 16.1 Å². The Labute approximate surface area is 181 Å². The number of aryl methyl sites for hydroxylation is 1. The van der Waals surface area contributed by atoms with Crippen molar-refractivity contribution in [1.82, 2.24) is 0 Å². The summed E-state index contributed by atoms with van der Waals surface area (Å²) >= 11 is 1.79. The summed E-state index contributed by atoms with van der Waals surface area (Å²) in [7, 11) is 2.10. The molecule has 1 aliphatic rings. The third-order valence-corrected chi connectivity index (χ3v) is 6.47. The summed E-state index contributed by atoms with van der Waals surface area (Å²) in [6.45, 7) is 0.821. The van der Waals surface area contributed by atoms with Crippen molar-refractivity contribution in [2.75, 3.05) is 11.9 Å². The number of allylic oxidation sites excluding steroid dienone is 2. The molecule has 0 spiro atoms. The van der Waals surface area contributed by atoms with Crippen LogP contribution in [-0.4, -0.2) is 18.1 Å². The third kappa shape index (κ3) is 4.41. The number of carboxylic acid groups (broad SMARTS) is 1. The highest BCUT2D eigenvalue weighted by Gasteiger charge is 2.20. The fraction of sp³-hybridized carbons (Fsp3) is 0.200. The number of unbranched alkanes of at least 4 members (excludes halogenated alkanes) is 1. The molecule has 30 heavy (non-hydrogen) atoms. The Balaban J connectivity index is 1.52. The summed E-state index contributed by atoms with van der Waals surface area (Å²) in [5.41, 5.74) is 3.59. The zero-order valence-electron chi connectivity index (χ0n) is 17.0. The molecule has 1 aromatic heterocycles. The maximum Gasteiger partial charge on any atom is 0.303 e. The number of benzene rings is 2. The van der Waals surface area contributed by atoms with E-state index in [9.17, 15) is 4.79 Å². The Bertz CT molecular complexity index is 1140. The zero-order valence-corrected chi connectivity index (χ0v) is 17.8. The largest absolute Gasteiger partial charge is 0.481 e. The predicted octanol–water partition coefficient (Wildman–Crippen LogP) is 5.48. The Kier molecular flexibility index (Phi) is 6.19. The first-order valence-corrected chi connectivity index (χ1v) is 11.0. The summed E-state index contributed by atoms with van der Waals surface area (Å²) in [6.07, 6.45) is 10.3. The molecule has 2 heterocycles. The number of thioether (sulfide) groups is 1. The number of rotatable bonds is 7. The molecule has 1 aliphatic heterocycles. The van der Waals surface area contributed by atoms with E-state index in [0.717, 1.165) is 13.0 Å². The van der Waals surface area contributed by atoms with Crippen LogP contribution in [0.2, 0.25) is 0 Å². The smallest absolute Gasteiger partial charge is 0.303 e. The van der Waals surface area contributed by atoms with Gasteiger partial charge in [0.2, 0.25) is 5.52 Å². The lowest BCUT2D eigenvalue weighted by molar-refractivity contribution is -0.671. The van der Waals surface area contributed by atoms with Crippen molar-refractivity contribution in [2.45, 2.75) is 30.7 Å². The van der Waals surface area contributed by atoms with Gasteiger partial charge in [-0.2, -0.15) is 4.57 Å². The van der Waals surface area contributed by atoms with Gasteiger partial charge in [-0.1, -0.05) is 48.2 Å². The number of pyridine rings is 1. The van der Waals surface area contributed by atoms with E-state index in [1.165, 1.54) is 32.1 Å². The SMILES string of the molecule is CN1C(=CC=Cc2cc[n+](CCCCC(=O)O)c3ccccc23)Sc2ccccc21. The van der Waals surface area contributed by atoms with Gasteiger partial charge >= 0.3 is 5.97 Å². The van der Waals surface area contributed by atoms with Crippen LogP contribution in [0.4, 0.5) is 5.69 Å². The molecular formula is C25H25N2O2S+. The normalized spacial score (nSPS) is 14.7. The van der Waals surface area contributed by atoms with Crippen molar-refractivity contribution in [1.29, 1.82) is 0 Å². The van der Waals surface area contributed by atoms with Crippen LogP contribution in [0, 0.1) is 0 Å². The molecule has 0 radical (unpaired) electrons. The van der Waals surface area contributed by atoms with Crippen LogP contribution >= 0.6 is 11.8 Å². The van der Waals surface area contributed by atoms with Crippen molar-refractivity contribution < 1.29 is 14.5 Å². The van der Waals surface area contributed by atoms with Crippen molar-refractivity contribution in [3.8, 4) is 0 Å². The summed E-state index contributed by atoms with van der Waals surface area (Å²) < 4.78 is 2.21. The average Bonchev–Trinajstić information content (AvgIpc) is 3.08. The highest BCUT2D eigenvalue weighted by Crippen LogP contribution is 2.44. The van der Waals surface area contributed by atoms with Gasteiger partial charge in [-0.3, -0.25) is 4.79 Å². The van der Waals surface area contributed by atoms with Gasteiger partial charge in [0, 0.05) is 36.9 Å². The molecule has 0 unspecified atom stereocenters. The minimum absolute atomic E-state index is 0.226. The summed E-state index contributed by atoms with van der Waals surface area (Å²) in [4.78, 5) is 14.2. The number of para-hydroxylation sites is 2. The van der Waals surface area contributed by atoms with Crippen LogP contribution in [0.3, 0.4) is 0 Å². The lowest BCUT2D eigenvalue weighted by Gasteiger charge is -2.12. The second-order valence-electron chi connectivity index (χ2n) is 7.33. The van der Waals surface area contributed by atoms with Gasteiger partial charge in [-0.15, -0.1) is 0 Å². The van der Waals surface area contributed by atoms with E-state index in [2.05, 4.69) is 89.5 Å². The standard InChI is InChI=1S/C25H24N2O2S/c1-26-22-12-4-5-13-23(22)30-24(26)14-8-9-19-16-18-27(17-7-6-15-25(28)29)21-11-3-2-10-20(19)21/h2-5,8-14,16,18H,6-7,15,17H2,1H3/p+1. The van der Waals surface area contributed by atoms with E-state index in [-0.39, 0.29) is 6.42 Å². The maximum absolute atomic E-state index is 10.7. The Morgan fingerprint density at radius 1 is 1.10 bits per heavy atom. The Morgan fingerprint density at radius 3 is 2.73 bits per heavy atom. The minimum Gasteiger partial charge on any atom is -0.481 e. The number of carboxylic acids is 1. The number of nitrogens with zero attached hydrogens (tertiary/aromatic N) is 2. The molecule has 1 N–H and O–H groups in total. The van der Waals surface area contributed by atoms with Crippen molar-refractivity contribution in [3.05, 3.63) is 83.5 Å². The van der Waals surface area contributed by atoms with E-state index in [4.69, 9.17) is 5.11 Å². The number of hydrogen-bond acceptors (Lipinski definition) is 3. The van der Waals surface area contributed by atoms with Gasteiger partial charge in [0.25, 0.3) is 0 Å². The first-order valence-electron chi connectivity index (χ1n) is 10.2. The number of hydrogen-bond donors (Lipinski definition) is 1. The first kappa shape index (κ1) is 20.2. The van der Waals surface area contributed by atoms with Gasteiger partial charge in [0.15, 0.2) is 6.20 Å². The predicted molar refractivity (Wildman–Crippen MR) is 123 cm³/mol. The monoisotopic (exact) mass is 417 g/mol. The summed E-state index contributed by atoms with van der Waals surface area (Å²) in [5, 5.41) is 11.2.